The highest BCUT2D eigenvalue weighted by Gasteiger charge is 2.23. The Balaban J connectivity index is 2.01. The van der Waals surface area contributed by atoms with E-state index < -0.39 is 5.97 Å². The number of likely N-dealkylation sites (tertiary alicyclic amines) is 1. The Morgan fingerprint density at radius 2 is 1.75 bits per heavy atom. The van der Waals surface area contributed by atoms with Gasteiger partial charge in [0, 0.05) is 24.9 Å². The molecule has 0 unspecified atom stereocenters. The van der Waals surface area contributed by atoms with E-state index >= 15 is 0 Å². The summed E-state index contributed by atoms with van der Waals surface area (Å²) in [6.45, 7) is 6.28. The van der Waals surface area contributed by atoms with Crippen LogP contribution in [0.3, 0.4) is 0 Å². The molecule has 24 heavy (non-hydrogen) atoms. The van der Waals surface area contributed by atoms with E-state index in [0.717, 1.165) is 49.2 Å². The maximum atomic E-state index is 12.4. The maximum Gasteiger partial charge on any atom is 0.341 e. The summed E-state index contributed by atoms with van der Waals surface area (Å²) in [7, 11) is 0. The molecule has 7 heteroatoms. The molecule has 2 heterocycles. The zero-order chi connectivity index (χ0) is 17.7. The number of thiophene rings is 1. The molecule has 0 spiro atoms. The van der Waals surface area contributed by atoms with Gasteiger partial charge in [-0.25, -0.2) is 4.79 Å². The van der Waals surface area contributed by atoms with Crippen LogP contribution >= 0.6 is 11.3 Å². The fourth-order valence-electron chi connectivity index (χ4n) is 2.73. The molecule has 6 nitrogen and oxygen atoms in total. The van der Waals surface area contributed by atoms with Crippen molar-refractivity contribution >= 4 is 34.1 Å². The van der Waals surface area contributed by atoms with Crippen molar-refractivity contribution in [3.8, 4) is 0 Å². The number of hydrogen-bond acceptors (Lipinski definition) is 5. The molecule has 0 aliphatic carbocycles. The van der Waals surface area contributed by atoms with Gasteiger partial charge < -0.3 is 15.0 Å². The van der Waals surface area contributed by atoms with Crippen molar-refractivity contribution in [1.29, 1.82) is 0 Å². The minimum atomic E-state index is -0.566. The van der Waals surface area contributed by atoms with Crippen LogP contribution in [-0.2, 0) is 14.3 Å². The first-order valence-corrected chi connectivity index (χ1v) is 9.04. The lowest BCUT2D eigenvalue weighted by Crippen LogP contribution is -2.35. The third-order valence-corrected chi connectivity index (χ3v) is 5.29. The smallest absolute Gasteiger partial charge is 0.341 e. The molecule has 1 N–H and O–H groups in total. The van der Waals surface area contributed by atoms with Gasteiger partial charge >= 0.3 is 5.97 Å². The van der Waals surface area contributed by atoms with Gasteiger partial charge in [-0.1, -0.05) is 12.8 Å². The van der Waals surface area contributed by atoms with E-state index in [4.69, 9.17) is 4.74 Å². The molecule has 2 amide bonds. The second kappa shape index (κ2) is 8.28. The SMILES string of the molecule is CC(=O)Nc1sc(C)c(C)c1C(=O)OCC(=O)N1CCCCCC1. The molecule has 1 aliphatic heterocycles. The number of nitrogens with one attached hydrogen (secondary N) is 1. The molecule has 0 radical (unpaired) electrons. The topological polar surface area (TPSA) is 75.7 Å². The second-order valence-corrected chi connectivity index (χ2v) is 7.26. The first-order valence-electron chi connectivity index (χ1n) is 8.22. The summed E-state index contributed by atoms with van der Waals surface area (Å²) in [5, 5.41) is 3.14. The molecular weight excluding hydrogens is 328 g/mol. The van der Waals surface area contributed by atoms with Crippen molar-refractivity contribution in [2.45, 2.75) is 46.5 Å². The number of anilines is 1. The van der Waals surface area contributed by atoms with Crippen molar-refractivity contribution < 1.29 is 19.1 Å². The van der Waals surface area contributed by atoms with Crippen LogP contribution in [0.1, 0.15) is 53.4 Å². The summed E-state index contributed by atoms with van der Waals surface area (Å²) in [4.78, 5) is 38.6. The Labute approximate surface area is 146 Å². The van der Waals surface area contributed by atoms with Gasteiger partial charge in [0.25, 0.3) is 5.91 Å². The average Bonchev–Trinajstić information content (AvgIpc) is 2.74. The van der Waals surface area contributed by atoms with E-state index in [1.54, 1.807) is 4.90 Å². The highest BCUT2D eigenvalue weighted by atomic mass is 32.1. The van der Waals surface area contributed by atoms with Crippen molar-refractivity contribution in [3.05, 3.63) is 16.0 Å². The maximum absolute atomic E-state index is 12.4. The van der Waals surface area contributed by atoms with Crippen molar-refractivity contribution in [3.63, 3.8) is 0 Å². The largest absolute Gasteiger partial charge is 0.452 e. The monoisotopic (exact) mass is 352 g/mol. The fraction of sp³-hybridized carbons (Fsp3) is 0.588. The van der Waals surface area contributed by atoms with Crippen LogP contribution in [0.4, 0.5) is 5.00 Å². The van der Waals surface area contributed by atoms with Crippen LogP contribution in [0.5, 0.6) is 0 Å². The highest BCUT2D eigenvalue weighted by molar-refractivity contribution is 7.16. The summed E-state index contributed by atoms with van der Waals surface area (Å²) < 4.78 is 5.23. The lowest BCUT2D eigenvalue weighted by atomic mass is 10.1. The van der Waals surface area contributed by atoms with Gasteiger partial charge in [-0.05, 0) is 32.3 Å². The Bertz CT molecular complexity index is 631. The molecule has 1 aromatic rings. The second-order valence-electron chi connectivity index (χ2n) is 6.04. The number of carbonyl (C=O) groups excluding carboxylic acids is 3. The zero-order valence-corrected chi connectivity index (χ0v) is 15.3. The van der Waals surface area contributed by atoms with Crippen LogP contribution in [0.2, 0.25) is 0 Å². The standard InChI is InChI=1S/C17H24N2O4S/c1-11-12(2)24-16(18-13(3)20)15(11)17(22)23-10-14(21)19-8-6-4-5-7-9-19/h4-10H2,1-3H3,(H,18,20). The minimum absolute atomic E-state index is 0.157. The van der Waals surface area contributed by atoms with Gasteiger partial charge in [-0.15, -0.1) is 11.3 Å². The average molecular weight is 352 g/mol. The Morgan fingerprint density at radius 3 is 2.33 bits per heavy atom. The highest BCUT2D eigenvalue weighted by Crippen LogP contribution is 2.33. The minimum Gasteiger partial charge on any atom is -0.452 e. The van der Waals surface area contributed by atoms with Gasteiger partial charge in [-0.2, -0.15) is 0 Å². The molecule has 1 aliphatic rings. The number of ether oxygens (including phenoxy) is 1. The third-order valence-electron chi connectivity index (χ3n) is 4.16. The molecule has 1 aromatic heterocycles. The van der Waals surface area contributed by atoms with E-state index in [9.17, 15) is 14.4 Å². The lowest BCUT2D eigenvalue weighted by molar-refractivity contribution is -0.134. The van der Waals surface area contributed by atoms with Crippen LogP contribution in [-0.4, -0.2) is 42.4 Å². The summed E-state index contributed by atoms with van der Waals surface area (Å²) in [5.41, 5.74) is 1.12. The van der Waals surface area contributed by atoms with E-state index in [1.807, 2.05) is 13.8 Å². The van der Waals surface area contributed by atoms with Crippen LogP contribution < -0.4 is 5.32 Å². The molecule has 1 fully saturated rings. The quantitative estimate of drug-likeness (QED) is 0.846. The van der Waals surface area contributed by atoms with Crippen LogP contribution in [0.15, 0.2) is 0 Å². The predicted molar refractivity (Wildman–Crippen MR) is 93.4 cm³/mol. The van der Waals surface area contributed by atoms with Gasteiger partial charge in [0.15, 0.2) is 6.61 Å². The molecule has 0 saturated carbocycles. The molecule has 2 rings (SSSR count). The Kier molecular flexibility index (Phi) is 6.36. The lowest BCUT2D eigenvalue weighted by Gasteiger charge is -2.20. The Morgan fingerprint density at radius 1 is 1.12 bits per heavy atom. The molecule has 0 aromatic carbocycles. The van der Waals surface area contributed by atoms with Gasteiger partial charge in [-0.3, -0.25) is 9.59 Å². The summed E-state index contributed by atoms with van der Waals surface area (Å²) >= 11 is 1.33. The van der Waals surface area contributed by atoms with Crippen LogP contribution in [0, 0.1) is 13.8 Å². The van der Waals surface area contributed by atoms with Crippen molar-refractivity contribution in [2.24, 2.45) is 0 Å². The van der Waals surface area contributed by atoms with Gasteiger partial charge in [0.2, 0.25) is 5.91 Å². The van der Waals surface area contributed by atoms with E-state index in [1.165, 1.54) is 18.3 Å². The third kappa shape index (κ3) is 4.56. The Hall–Kier alpha value is -1.89. The van der Waals surface area contributed by atoms with Gasteiger partial charge in [0.05, 0.1) is 5.56 Å². The molecule has 132 valence electrons. The normalized spacial score (nSPS) is 14.9. The molecular formula is C17H24N2O4S. The summed E-state index contributed by atoms with van der Waals surface area (Å²) in [6, 6.07) is 0. The van der Waals surface area contributed by atoms with E-state index in [2.05, 4.69) is 5.32 Å². The predicted octanol–water partition coefficient (Wildman–Crippen LogP) is 2.88. The number of hydrogen-bond donors (Lipinski definition) is 1. The van der Waals surface area contributed by atoms with Crippen molar-refractivity contribution in [2.75, 3.05) is 25.0 Å². The summed E-state index contributed by atoms with van der Waals surface area (Å²) in [5.74, 6) is -0.967. The fourth-order valence-corrected chi connectivity index (χ4v) is 3.83. The first kappa shape index (κ1) is 18.4. The summed E-state index contributed by atoms with van der Waals surface area (Å²) in [6.07, 6.45) is 4.26. The number of carbonyl (C=O) groups is 3. The molecule has 0 atom stereocenters. The first-order chi connectivity index (χ1) is 11.4. The number of amides is 2. The molecule has 1 saturated heterocycles. The van der Waals surface area contributed by atoms with E-state index in [-0.39, 0.29) is 18.4 Å². The number of rotatable bonds is 4. The van der Waals surface area contributed by atoms with E-state index in [0.29, 0.717) is 10.6 Å². The van der Waals surface area contributed by atoms with Crippen LogP contribution in [0.25, 0.3) is 0 Å². The van der Waals surface area contributed by atoms with Crippen molar-refractivity contribution in [1.82, 2.24) is 4.90 Å². The number of aryl methyl sites for hydroxylation is 1. The number of esters is 1. The zero-order valence-electron chi connectivity index (χ0n) is 14.4. The van der Waals surface area contributed by atoms with Gasteiger partial charge in [0.1, 0.15) is 5.00 Å². The number of nitrogens with zero attached hydrogens (tertiary/aromatic N) is 1. The molecule has 0 bridgehead atoms.